The molecule has 2 N–H and O–H groups in total. The van der Waals surface area contributed by atoms with Crippen LogP contribution in [0.3, 0.4) is 0 Å². The first-order chi connectivity index (χ1) is 11.7. The Balaban J connectivity index is 1.53. The van der Waals surface area contributed by atoms with Gasteiger partial charge in [0.05, 0.1) is 12.2 Å². The fourth-order valence-electron chi connectivity index (χ4n) is 2.54. The summed E-state index contributed by atoms with van der Waals surface area (Å²) in [5, 5.41) is 7.71. The second kappa shape index (κ2) is 10.6. The standard InChI is InChI=1S/C17H30N4O2S/c1-13-14(2)24-16(21-13)11-20-17(18-3)19-7-4-8-23-12-15-5-9-22-10-6-15/h15H,4-12H2,1-3H3,(H2,18,19,20). The number of hydrogen-bond acceptors (Lipinski definition) is 5. The summed E-state index contributed by atoms with van der Waals surface area (Å²) >= 11 is 1.73. The van der Waals surface area contributed by atoms with E-state index >= 15 is 0 Å². The maximum absolute atomic E-state index is 5.77. The Bertz CT molecular complexity index is 493. The van der Waals surface area contributed by atoms with E-state index in [9.17, 15) is 0 Å². The molecule has 1 aliphatic rings. The molecule has 0 saturated carbocycles. The molecule has 2 rings (SSSR count). The average Bonchev–Trinajstić information content (AvgIpc) is 2.92. The molecule has 0 radical (unpaired) electrons. The number of nitrogens with one attached hydrogen (secondary N) is 2. The Labute approximate surface area is 149 Å². The topological polar surface area (TPSA) is 67.8 Å². The van der Waals surface area contributed by atoms with Crippen LogP contribution in [-0.4, -0.2) is 51.0 Å². The van der Waals surface area contributed by atoms with Gasteiger partial charge < -0.3 is 20.1 Å². The van der Waals surface area contributed by atoms with Crippen molar-refractivity contribution in [3.8, 4) is 0 Å². The highest BCUT2D eigenvalue weighted by molar-refractivity contribution is 7.11. The zero-order valence-corrected chi connectivity index (χ0v) is 15.9. The number of ether oxygens (including phenoxy) is 2. The van der Waals surface area contributed by atoms with E-state index in [2.05, 4.69) is 27.5 Å². The number of aromatic nitrogens is 1. The van der Waals surface area contributed by atoms with E-state index < -0.39 is 0 Å². The quantitative estimate of drug-likeness (QED) is 0.426. The SMILES string of the molecule is CN=C(NCCCOCC1CCOCC1)NCc1nc(C)c(C)s1. The van der Waals surface area contributed by atoms with Crippen LogP contribution in [0.25, 0.3) is 0 Å². The summed E-state index contributed by atoms with van der Waals surface area (Å²) in [4.78, 5) is 10.0. The molecule has 1 aliphatic heterocycles. The summed E-state index contributed by atoms with van der Waals surface area (Å²) in [7, 11) is 1.79. The number of nitrogens with zero attached hydrogens (tertiary/aromatic N) is 2. The minimum Gasteiger partial charge on any atom is -0.381 e. The van der Waals surface area contributed by atoms with E-state index in [1.54, 1.807) is 18.4 Å². The number of rotatable bonds is 8. The summed E-state index contributed by atoms with van der Waals surface area (Å²) in [6.07, 6.45) is 3.23. The van der Waals surface area contributed by atoms with Crippen LogP contribution in [0.2, 0.25) is 0 Å². The molecule has 1 aromatic heterocycles. The lowest BCUT2D eigenvalue weighted by molar-refractivity contribution is 0.0203. The number of hydrogen-bond donors (Lipinski definition) is 2. The first kappa shape index (κ1) is 19.1. The minimum absolute atomic E-state index is 0.673. The van der Waals surface area contributed by atoms with E-state index in [1.165, 1.54) is 4.88 Å². The molecule has 0 aromatic carbocycles. The molecule has 0 bridgehead atoms. The molecule has 1 aromatic rings. The zero-order valence-electron chi connectivity index (χ0n) is 15.1. The van der Waals surface area contributed by atoms with Crippen LogP contribution in [0.5, 0.6) is 0 Å². The summed E-state index contributed by atoms with van der Waals surface area (Å²) in [6, 6.07) is 0. The maximum atomic E-state index is 5.77. The Hall–Kier alpha value is -1.18. The number of thiazole rings is 1. The molecule has 136 valence electrons. The molecular formula is C17H30N4O2S. The van der Waals surface area contributed by atoms with Gasteiger partial charge in [0, 0.05) is 44.9 Å². The van der Waals surface area contributed by atoms with Crippen molar-refractivity contribution in [3.05, 3.63) is 15.6 Å². The summed E-state index contributed by atoms with van der Waals surface area (Å²) in [5.41, 5.74) is 1.11. The third-order valence-electron chi connectivity index (χ3n) is 4.16. The van der Waals surface area contributed by atoms with Crippen molar-refractivity contribution in [1.29, 1.82) is 0 Å². The highest BCUT2D eigenvalue weighted by Crippen LogP contribution is 2.16. The summed E-state index contributed by atoms with van der Waals surface area (Å²) in [6.45, 7) is 9.12. The van der Waals surface area contributed by atoms with Gasteiger partial charge in [-0.05, 0) is 39.0 Å². The van der Waals surface area contributed by atoms with Gasteiger partial charge in [-0.3, -0.25) is 4.99 Å². The Morgan fingerprint density at radius 2 is 2.12 bits per heavy atom. The van der Waals surface area contributed by atoms with Crippen molar-refractivity contribution in [2.75, 3.05) is 40.0 Å². The smallest absolute Gasteiger partial charge is 0.191 e. The van der Waals surface area contributed by atoms with Crippen LogP contribution in [0, 0.1) is 19.8 Å². The predicted octanol–water partition coefficient (Wildman–Crippen LogP) is 2.26. The summed E-state index contributed by atoms with van der Waals surface area (Å²) < 4.78 is 11.1. The lowest BCUT2D eigenvalue weighted by atomic mass is 10.0. The van der Waals surface area contributed by atoms with Gasteiger partial charge >= 0.3 is 0 Å². The van der Waals surface area contributed by atoms with Crippen LogP contribution in [0.1, 0.15) is 34.8 Å². The van der Waals surface area contributed by atoms with E-state index in [-0.39, 0.29) is 0 Å². The summed E-state index contributed by atoms with van der Waals surface area (Å²) in [5.74, 6) is 1.48. The monoisotopic (exact) mass is 354 g/mol. The highest BCUT2D eigenvalue weighted by atomic mass is 32.1. The molecule has 2 heterocycles. The van der Waals surface area contributed by atoms with Crippen molar-refractivity contribution >= 4 is 17.3 Å². The highest BCUT2D eigenvalue weighted by Gasteiger charge is 2.13. The van der Waals surface area contributed by atoms with Crippen LogP contribution in [0.4, 0.5) is 0 Å². The molecule has 0 aliphatic carbocycles. The van der Waals surface area contributed by atoms with E-state index in [0.29, 0.717) is 12.5 Å². The third kappa shape index (κ3) is 6.75. The van der Waals surface area contributed by atoms with Crippen molar-refractivity contribution < 1.29 is 9.47 Å². The van der Waals surface area contributed by atoms with E-state index in [1.807, 2.05) is 6.92 Å². The number of aryl methyl sites for hydroxylation is 2. The third-order valence-corrected chi connectivity index (χ3v) is 5.23. The Morgan fingerprint density at radius 1 is 1.33 bits per heavy atom. The van der Waals surface area contributed by atoms with Gasteiger partial charge in [-0.2, -0.15) is 0 Å². The van der Waals surface area contributed by atoms with Gasteiger partial charge in [0.2, 0.25) is 0 Å². The molecule has 0 spiro atoms. The van der Waals surface area contributed by atoms with Gasteiger partial charge in [0.1, 0.15) is 5.01 Å². The molecule has 24 heavy (non-hydrogen) atoms. The van der Waals surface area contributed by atoms with Crippen molar-refractivity contribution in [2.24, 2.45) is 10.9 Å². The Kier molecular flexibility index (Phi) is 8.49. The van der Waals surface area contributed by atoms with Crippen LogP contribution in [0.15, 0.2) is 4.99 Å². The van der Waals surface area contributed by atoms with Crippen molar-refractivity contribution in [2.45, 2.75) is 39.7 Å². The van der Waals surface area contributed by atoms with Crippen molar-refractivity contribution in [1.82, 2.24) is 15.6 Å². The van der Waals surface area contributed by atoms with Crippen LogP contribution >= 0.6 is 11.3 Å². The number of aliphatic imine (C=N–C) groups is 1. The molecule has 6 nitrogen and oxygen atoms in total. The first-order valence-electron chi connectivity index (χ1n) is 8.72. The molecule has 1 saturated heterocycles. The van der Waals surface area contributed by atoms with E-state index in [0.717, 1.165) is 68.9 Å². The Morgan fingerprint density at radius 3 is 2.79 bits per heavy atom. The minimum atomic E-state index is 0.673. The lowest BCUT2D eigenvalue weighted by Gasteiger charge is -2.21. The average molecular weight is 355 g/mol. The molecule has 0 unspecified atom stereocenters. The second-order valence-electron chi connectivity index (χ2n) is 6.09. The normalized spacial score (nSPS) is 16.4. The first-order valence-corrected chi connectivity index (χ1v) is 9.53. The van der Waals surface area contributed by atoms with Gasteiger partial charge in [-0.1, -0.05) is 0 Å². The molecule has 0 amide bonds. The lowest BCUT2D eigenvalue weighted by Crippen LogP contribution is -2.37. The molecule has 0 atom stereocenters. The van der Waals surface area contributed by atoms with Crippen LogP contribution in [-0.2, 0) is 16.0 Å². The van der Waals surface area contributed by atoms with Gasteiger partial charge in [0.25, 0.3) is 0 Å². The fraction of sp³-hybridized carbons (Fsp3) is 0.765. The largest absolute Gasteiger partial charge is 0.381 e. The predicted molar refractivity (Wildman–Crippen MR) is 98.8 cm³/mol. The van der Waals surface area contributed by atoms with Crippen molar-refractivity contribution in [3.63, 3.8) is 0 Å². The molecular weight excluding hydrogens is 324 g/mol. The maximum Gasteiger partial charge on any atom is 0.191 e. The van der Waals surface area contributed by atoms with Crippen LogP contribution < -0.4 is 10.6 Å². The fourth-order valence-corrected chi connectivity index (χ4v) is 3.41. The number of guanidine groups is 1. The van der Waals surface area contributed by atoms with Gasteiger partial charge in [0.15, 0.2) is 5.96 Å². The molecule has 1 fully saturated rings. The zero-order chi connectivity index (χ0) is 17.2. The molecule has 7 heteroatoms. The van der Waals surface area contributed by atoms with Gasteiger partial charge in [-0.25, -0.2) is 4.98 Å². The van der Waals surface area contributed by atoms with Gasteiger partial charge in [-0.15, -0.1) is 11.3 Å². The van der Waals surface area contributed by atoms with E-state index in [4.69, 9.17) is 9.47 Å². The second-order valence-corrected chi connectivity index (χ2v) is 7.37.